The molecule has 13 heteroatoms. The van der Waals surface area contributed by atoms with E-state index in [4.69, 9.17) is 22.4 Å². The summed E-state index contributed by atoms with van der Waals surface area (Å²) in [5.41, 5.74) is 0.213. The molecule has 4 rings (SSSR count). The minimum Gasteiger partial charge on any atom is -0.487 e. The summed E-state index contributed by atoms with van der Waals surface area (Å²) in [6.45, 7) is 0.328. The number of benzene rings is 2. The number of rotatable bonds is 13. The topological polar surface area (TPSA) is 148 Å². The van der Waals surface area contributed by atoms with Crippen molar-refractivity contribution in [2.75, 3.05) is 19.8 Å². The molecule has 2 aromatic carbocycles. The number of hydrogen-bond donors (Lipinski definition) is 3. The highest BCUT2D eigenvalue weighted by molar-refractivity contribution is 7.89. The maximum atomic E-state index is 13.9. The van der Waals surface area contributed by atoms with Crippen LogP contribution in [0.25, 0.3) is 0 Å². The molecule has 0 fully saturated rings. The summed E-state index contributed by atoms with van der Waals surface area (Å²) in [6, 6.07) is 4.51. The summed E-state index contributed by atoms with van der Waals surface area (Å²) in [6.07, 6.45) is -9.54. The van der Waals surface area contributed by atoms with E-state index in [1.807, 2.05) is 6.92 Å². The highest BCUT2D eigenvalue weighted by Gasteiger charge is 2.32. The third kappa shape index (κ3) is 7.62. The van der Waals surface area contributed by atoms with Crippen molar-refractivity contribution in [3.8, 4) is 17.2 Å². The fraction of sp³-hybridized carbons (Fsp3) is 0.407. The second-order valence-corrected chi connectivity index (χ2v) is 11.9. The van der Waals surface area contributed by atoms with Gasteiger partial charge in [0.2, 0.25) is 16.8 Å². The van der Waals surface area contributed by atoms with Gasteiger partial charge in [0.15, 0.2) is 11.5 Å². The first kappa shape index (κ1) is 22.3. The summed E-state index contributed by atoms with van der Waals surface area (Å²) >= 11 is 1.43. The van der Waals surface area contributed by atoms with Gasteiger partial charge in [0.1, 0.15) is 12.4 Å². The van der Waals surface area contributed by atoms with Gasteiger partial charge in [-0.05, 0) is 49.0 Å². The third-order valence-electron chi connectivity index (χ3n) is 5.34. The van der Waals surface area contributed by atoms with Crippen LogP contribution in [0.3, 0.4) is 0 Å². The van der Waals surface area contributed by atoms with Gasteiger partial charge >= 0.3 is 6.09 Å². The molecule has 0 saturated heterocycles. The minimum atomic E-state index is -4.95. The second kappa shape index (κ2) is 12.9. The molecule has 0 saturated carbocycles. The molecule has 0 aliphatic carbocycles. The maximum absolute atomic E-state index is 13.9. The number of carboxylic acid groups (broad SMARTS) is 1. The van der Waals surface area contributed by atoms with Crippen molar-refractivity contribution in [2.45, 2.75) is 50.7 Å². The number of amides is 1. The predicted octanol–water partition coefficient (Wildman–Crippen LogP) is 3.65. The van der Waals surface area contributed by atoms with Crippen molar-refractivity contribution >= 4 is 27.5 Å². The quantitative estimate of drug-likeness (QED) is 0.269. The Hall–Kier alpha value is -3.39. The van der Waals surface area contributed by atoms with Crippen LogP contribution < -0.4 is 19.5 Å². The Morgan fingerprint density at radius 2 is 1.98 bits per heavy atom. The zero-order valence-electron chi connectivity index (χ0n) is 27.9. The average molecular weight is 598 g/mol. The Bertz CT molecular complexity index is 1690. The van der Waals surface area contributed by atoms with E-state index >= 15 is 0 Å². The standard InChI is InChI=1S/C27H33N3O8S2/c1-17(2)12-30(40(34,35)22-8-9-25-26(11-22)38-16-37-25)13-24(31)23(29-27(32)33)10-19-4-6-21(7-5-19)36-14-20-15-39-18(3)28-20/h4-9,11,15,17,23-24,29,31H,10,12-14,16H2,1-3H3,(H,32,33)/t23-,24+/m0/s1/i10D2,13D2,23D,24D. The molecule has 1 aliphatic rings. The SMILES string of the molecule is [2H]C([2H])(c1ccc(OCc2csc(C)n2)cc1)[C@]([2H])(NC(=O)O)[C@]([2H])(O)C([2H])([2H])N(CC(C)C)S(=O)(=O)c1ccc2c(c1)OCO2. The molecule has 1 amide bonds. The van der Waals surface area contributed by atoms with Crippen LogP contribution in [0.15, 0.2) is 52.7 Å². The number of ether oxygens (including phenoxy) is 3. The van der Waals surface area contributed by atoms with Crippen LogP contribution in [-0.4, -0.2) is 65.9 Å². The van der Waals surface area contributed by atoms with E-state index in [1.165, 1.54) is 48.7 Å². The van der Waals surface area contributed by atoms with Gasteiger partial charge in [-0.1, -0.05) is 26.0 Å². The molecule has 1 aromatic heterocycles. The highest BCUT2D eigenvalue weighted by atomic mass is 32.2. The van der Waals surface area contributed by atoms with Crippen LogP contribution in [0.1, 0.15) is 38.3 Å². The van der Waals surface area contributed by atoms with E-state index in [0.29, 0.717) is 5.69 Å². The van der Waals surface area contributed by atoms with Crippen LogP contribution in [0, 0.1) is 12.8 Å². The average Bonchev–Trinajstić information content (AvgIpc) is 3.62. The zero-order chi connectivity index (χ0) is 34.3. The smallest absolute Gasteiger partial charge is 0.404 e. The van der Waals surface area contributed by atoms with E-state index in [2.05, 4.69) is 4.98 Å². The van der Waals surface area contributed by atoms with E-state index in [9.17, 15) is 23.4 Å². The molecule has 11 nitrogen and oxygen atoms in total. The first-order valence-corrected chi connectivity index (χ1v) is 14.4. The summed E-state index contributed by atoms with van der Waals surface area (Å²) in [4.78, 5) is 15.7. The van der Waals surface area contributed by atoms with Crippen LogP contribution in [0.4, 0.5) is 4.79 Å². The Morgan fingerprint density at radius 3 is 2.62 bits per heavy atom. The van der Waals surface area contributed by atoms with Crippen molar-refractivity contribution < 1.29 is 45.9 Å². The van der Waals surface area contributed by atoms with Gasteiger partial charge < -0.3 is 29.7 Å². The summed E-state index contributed by atoms with van der Waals surface area (Å²) in [5.74, 6) is -0.0887. The fourth-order valence-electron chi connectivity index (χ4n) is 3.54. The number of sulfonamides is 1. The lowest BCUT2D eigenvalue weighted by Gasteiger charge is -2.30. The molecule has 40 heavy (non-hydrogen) atoms. The molecular weight excluding hydrogens is 558 g/mol. The third-order valence-corrected chi connectivity index (χ3v) is 7.83. The number of aryl methyl sites for hydroxylation is 1. The van der Waals surface area contributed by atoms with E-state index < -0.39 is 64.0 Å². The molecule has 216 valence electrons. The number of nitrogens with zero attached hydrogens (tertiary/aromatic N) is 2. The Balaban J connectivity index is 1.75. The zero-order valence-corrected chi connectivity index (χ0v) is 23.5. The Morgan fingerprint density at radius 1 is 1.25 bits per heavy atom. The van der Waals surface area contributed by atoms with E-state index in [0.717, 1.165) is 29.3 Å². The Kier molecular flexibility index (Phi) is 7.17. The molecule has 0 bridgehead atoms. The molecule has 0 spiro atoms. The highest BCUT2D eigenvalue weighted by Crippen LogP contribution is 2.35. The molecule has 0 radical (unpaired) electrons. The first-order valence-electron chi connectivity index (χ1n) is 15.0. The lowest BCUT2D eigenvalue weighted by Crippen LogP contribution is -2.50. The van der Waals surface area contributed by atoms with Gasteiger partial charge in [-0.15, -0.1) is 11.3 Å². The lowest BCUT2D eigenvalue weighted by atomic mass is 10.0. The van der Waals surface area contributed by atoms with Crippen LogP contribution in [-0.2, 0) is 23.0 Å². The number of nitrogens with one attached hydrogen (secondary N) is 1. The molecule has 2 heterocycles. The van der Waals surface area contributed by atoms with Crippen molar-refractivity contribution in [1.29, 1.82) is 0 Å². The summed E-state index contributed by atoms with van der Waals surface area (Å²) < 4.78 is 97.0. The monoisotopic (exact) mass is 597 g/mol. The van der Waals surface area contributed by atoms with Crippen molar-refractivity contribution in [2.24, 2.45) is 5.92 Å². The summed E-state index contributed by atoms with van der Waals surface area (Å²) in [7, 11) is -4.95. The van der Waals surface area contributed by atoms with Crippen LogP contribution in [0.2, 0.25) is 0 Å². The van der Waals surface area contributed by atoms with Crippen molar-refractivity contribution in [1.82, 2.24) is 14.6 Å². The number of aromatic nitrogens is 1. The number of aliphatic hydroxyl groups is 1. The maximum Gasteiger partial charge on any atom is 0.404 e. The fourth-order valence-corrected chi connectivity index (χ4v) is 5.59. The number of carbonyl (C=O) groups is 1. The van der Waals surface area contributed by atoms with Crippen molar-refractivity contribution in [3.05, 3.63) is 64.1 Å². The largest absolute Gasteiger partial charge is 0.487 e. The molecule has 3 N–H and O–H groups in total. The first-order chi connectivity index (χ1) is 21.2. The second-order valence-electron chi connectivity index (χ2n) is 9.01. The predicted molar refractivity (Wildman–Crippen MR) is 148 cm³/mol. The van der Waals surface area contributed by atoms with Gasteiger partial charge in [0.25, 0.3) is 0 Å². The minimum absolute atomic E-state index is 0.0418. The number of fused-ring (bicyclic) bond motifs is 1. The van der Waals surface area contributed by atoms with Crippen LogP contribution >= 0.6 is 11.3 Å². The lowest BCUT2D eigenvalue weighted by molar-refractivity contribution is 0.0980. The van der Waals surface area contributed by atoms with Gasteiger partial charge in [-0.2, -0.15) is 4.31 Å². The van der Waals surface area contributed by atoms with E-state index in [1.54, 1.807) is 5.38 Å². The molecule has 3 aromatic rings. The normalized spacial score (nSPS) is 18.9. The van der Waals surface area contributed by atoms with E-state index in [-0.39, 0.29) is 35.0 Å². The molecule has 2 atom stereocenters. The number of hydrogen-bond acceptors (Lipinski definition) is 9. The van der Waals surface area contributed by atoms with Gasteiger partial charge in [-0.25, -0.2) is 18.2 Å². The Labute approximate surface area is 245 Å². The summed E-state index contributed by atoms with van der Waals surface area (Å²) in [5, 5.41) is 25.3. The van der Waals surface area contributed by atoms with Gasteiger partial charge in [0.05, 0.1) is 30.4 Å². The molecule has 1 aliphatic heterocycles. The van der Waals surface area contributed by atoms with Gasteiger partial charge in [0, 0.05) is 30.0 Å². The van der Waals surface area contributed by atoms with Crippen molar-refractivity contribution in [3.63, 3.8) is 0 Å². The van der Waals surface area contributed by atoms with Gasteiger partial charge in [-0.3, -0.25) is 0 Å². The molecular formula is C27H33N3O8S2. The molecule has 0 unspecified atom stereocenters. The van der Waals surface area contributed by atoms with Crippen LogP contribution in [0.5, 0.6) is 17.2 Å². The number of thiazole rings is 1.